The molecule has 0 bridgehead atoms. The Kier molecular flexibility index (Phi) is 4.03. The van der Waals surface area contributed by atoms with Crippen LogP contribution in [0.25, 0.3) is 0 Å². The van der Waals surface area contributed by atoms with Crippen LogP contribution in [0.3, 0.4) is 0 Å². The topological polar surface area (TPSA) is 62.2 Å². The van der Waals surface area contributed by atoms with E-state index in [1.165, 1.54) is 11.3 Å². The number of thiazole rings is 1. The molecule has 5 heteroatoms. The molecule has 1 aromatic heterocycles. The number of nitrogens with zero attached hydrogens (tertiary/aromatic N) is 1. The van der Waals surface area contributed by atoms with Gasteiger partial charge in [-0.1, -0.05) is 30.3 Å². The largest absolute Gasteiger partial charge is 0.393 e. The van der Waals surface area contributed by atoms with E-state index < -0.39 is 0 Å². The van der Waals surface area contributed by atoms with Crippen LogP contribution in [-0.4, -0.2) is 22.1 Å². The smallest absolute Gasteiger partial charge is 0.263 e. The molecule has 1 aliphatic rings. The van der Waals surface area contributed by atoms with Crippen LogP contribution in [0.15, 0.2) is 35.8 Å². The van der Waals surface area contributed by atoms with Crippen LogP contribution in [0.5, 0.6) is 0 Å². The van der Waals surface area contributed by atoms with Gasteiger partial charge in [0, 0.05) is 0 Å². The van der Waals surface area contributed by atoms with E-state index in [-0.39, 0.29) is 18.1 Å². The number of hydrogen-bond donors (Lipinski definition) is 2. The van der Waals surface area contributed by atoms with Crippen molar-refractivity contribution in [3.8, 4) is 0 Å². The summed E-state index contributed by atoms with van der Waals surface area (Å²) >= 11 is 1.36. The highest BCUT2D eigenvalue weighted by Crippen LogP contribution is 2.38. The molecule has 1 fully saturated rings. The van der Waals surface area contributed by atoms with Crippen LogP contribution in [0.4, 0.5) is 0 Å². The maximum atomic E-state index is 12.4. The fourth-order valence-corrected chi connectivity index (χ4v) is 3.47. The third kappa shape index (κ3) is 2.99. The van der Waals surface area contributed by atoms with Crippen molar-refractivity contribution in [3.63, 3.8) is 0 Å². The summed E-state index contributed by atoms with van der Waals surface area (Å²) in [7, 11) is 0. The molecule has 1 atom stereocenters. The number of hydrogen-bond acceptors (Lipinski definition) is 4. The minimum atomic E-state index is -0.233. The molecule has 21 heavy (non-hydrogen) atoms. The normalized spacial score (nSPS) is 22.4. The average molecular weight is 302 g/mol. The molecule has 1 heterocycles. The summed E-state index contributed by atoms with van der Waals surface area (Å²) in [6, 6.07) is 9.90. The van der Waals surface area contributed by atoms with Gasteiger partial charge in [-0.3, -0.25) is 4.79 Å². The summed E-state index contributed by atoms with van der Waals surface area (Å²) in [5, 5.41) is 12.7. The van der Waals surface area contributed by atoms with Gasteiger partial charge in [-0.2, -0.15) is 0 Å². The summed E-state index contributed by atoms with van der Waals surface area (Å²) in [5.41, 5.74) is 3.54. The number of amides is 1. The van der Waals surface area contributed by atoms with Crippen molar-refractivity contribution in [3.05, 3.63) is 52.0 Å². The number of nitrogens with one attached hydrogen (secondary N) is 1. The van der Waals surface area contributed by atoms with Crippen molar-refractivity contribution in [2.24, 2.45) is 5.92 Å². The fraction of sp³-hybridized carbons (Fsp3) is 0.375. The average Bonchev–Trinajstić information content (AvgIpc) is 2.89. The standard InChI is InChI=1S/C16H18N2O2S/c1-10-15(21-9-17-10)16(20)18-14(12-7-13(19)8-12)11-5-3-2-4-6-11/h2-6,9,12-14,19H,7-8H2,1H3,(H,18,20)/t12?,13?,14-/m0/s1. The fourth-order valence-electron chi connectivity index (χ4n) is 2.76. The van der Waals surface area contributed by atoms with Gasteiger partial charge in [-0.15, -0.1) is 11.3 Å². The number of aromatic nitrogens is 1. The van der Waals surface area contributed by atoms with Crippen LogP contribution in [0.1, 0.15) is 39.8 Å². The van der Waals surface area contributed by atoms with Crippen molar-refractivity contribution in [2.45, 2.75) is 31.9 Å². The molecule has 0 spiro atoms. The van der Waals surface area contributed by atoms with E-state index in [1.54, 1.807) is 5.51 Å². The number of carbonyl (C=O) groups is 1. The maximum absolute atomic E-state index is 12.4. The number of carbonyl (C=O) groups excluding carboxylic acids is 1. The van der Waals surface area contributed by atoms with Crippen LogP contribution < -0.4 is 5.32 Å². The number of rotatable bonds is 4. The lowest BCUT2D eigenvalue weighted by Crippen LogP contribution is -2.41. The van der Waals surface area contributed by atoms with E-state index in [9.17, 15) is 9.90 Å². The van der Waals surface area contributed by atoms with Crippen molar-refractivity contribution in [2.75, 3.05) is 0 Å². The lowest BCUT2D eigenvalue weighted by molar-refractivity contribution is 0.0235. The first-order chi connectivity index (χ1) is 10.1. The summed E-state index contributed by atoms with van der Waals surface area (Å²) in [6.45, 7) is 1.84. The Labute approximate surface area is 127 Å². The van der Waals surface area contributed by atoms with Gasteiger partial charge in [0.05, 0.1) is 23.4 Å². The van der Waals surface area contributed by atoms with Crippen molar-refractivity contribution in [1.82, 2.24) is 10.3 Å². The molecule has 110 valence electrons. The number of aliphatic hydroxyl groups is 1. The van der Waals surface area contributed by atoms with Crippen LogP contribution in [0, 0.1) is 12.8 Å². The zero-order valence-electron chi connectivity index (χ0n) is 11.8. The highest BCUT2D eigenvalue weighted by Gasteiger charge is 2.36. The van der Waals surface area contributed by atoms with Gasteiger partial charge in [0.1, 0.15) is 4.88 Å². The van der Waals surface area contributed by atoms with Gasteiger partial charge in [-0.25, -0.2) is 4.98 Å². The number of benzene rings is 1. The van der Waals surface area contributed by atoms with E-state index in [0.29, 0.717) is 10.8 Å². The third-order valence-corrected chi connectivity index (χ3v) is 4.95. The Morgan fingerprint density at radius 2 is 2.10 bits per heavy atom. The minimum Gasteiger partial charge on any atom is -0.393 e. The Hall–Kier alpha value is -1.72. The Morgan fingerprint density at radius 3 is 2.67 bits per heavy atom. The summed E-state index contributed by atoms with van der Waals surface area (Å²) in [6.07, 6.45) is 1.24. The predicted octanol–water partition coefficient (Wildman–Crippen LogP) is 2.69. The van der Waals surface area contributed by atoms with Gasteiger partial charge in [0.25, 0.3) is 5.91 Å². The van der Waals surface area contributed by atoms with Gasteiger partial charge in [-0.05, 0) is 31.2 Å². The molecule has 1 aliphatic carbocycles. The molecular weight excluding hydrogens is 284 g/mol. The van der Waals surface area contributed by atoms with Gasteiger partial charge in [0.2, 0.25) is 0 Å². The SMILES string of the molecule is Cc1ncsc1C(=O)N[C@@H](c1ccccc1)C1CC(O)C1. The first-order valence-corrected chi connectivity index (χ1v) is 7.97. The monoisotopic (exact) mass is 302 g/mol. The molecule has 2 aromatic rings. The van der Waals surface area contributed by atoms with E-state index in [4.69, 9.17) is 0 Å². The lowest BCUT2D eigenvalue weighted by atomic mass is 9.75. The quantitative estimate of drug-likeness (QED) is 0.913. The number of aliphatic hydroxyl groups excluding tert-OH is 1. The molecular formula is C16H18N2O2S. The first-order valence-electron chi connectivity index (χ1n) is 7.09. The lowest BCUT2D eigenvalue weighted by Gasteiger charge is -2.38. The van der Waals surface area contributed by atoms with Crippen molar-refractivity contribution >= 4 is 17.2 Å². The zero-order valence-corrected chi connectivity index (χ0v) is 12.6. The Balaban J connectivity index is 1.80. The summed E-state index contributed by atoms with van der Waals surface area (Å²) in [4.78, 5) is 17.2. The van der Waals surface area contributed by atoms with Crippen molar-refractivity contribution in [1.29, 1.82) is 0 Å². The third-order valence-electron chi connectivity index (χ3n) is 4.02. The maximum Gasteiger partial charge on any atom is 0.263 e. The molecule has 1 saturated carbocycles. The predicted molar refractivity (Wildman–Crippen MR) is 82.2 cm³/mol. The summed E-state index contributed by atoms with van der Waals surface area (Å²) < 4.78 is 0. The first kappa shape index (κ1) is 14.2. The molecule has 0 aliphatic heterocycles. The molecule has 0 radical (unpaired) electrons. The van der Waals surface area contributed by atoms with E-state index >= 15 is 0 Å². The van der Waals surface area contributed by atoms with E-state index in [0.717, 1.165) is 24.1 Å². The molecule has 1 aromatic carbocycles. The minimum absolute atomic E-state index is 0.0522. The van der Waals surface area contributed by atoms with Gasteiger partial charge < -0.3 is 10.4 Å². The molecule has 0 saturated heterocycles. The van der Waals surface area contributed by atoms with Gasteiger partial charge in [0.15, 0.2) is 0 Å². The molecule has 1 amide bonds. The van der Waals surface area contributed by atoms with E-state index in [1.807, 2.05) is 37.3 Å². The summed E-state index contributed by atoms with van der Waals surface area (Å²) in [5.74, 6) is 0.213. The Morgan fingerprint density at radius 1 is 1.38 bits per heavy atom. The van der Waals surface area contributed by atoms with E-state index in [2.05, 4.69) is 10.3 Å². The Bertz CT molecular complexity index is 620. The highest BCUT2D eigenvalue weighted by molar-refractivity contribution is 7.11. The second kappa shape index (κ2) is 5.95. The number of aryl methyl sites for hydroxylation is 1. The van der Waals surface area contributed by atoms with Gasteiger partial charge >= 0.3 is 0 Å². The zero-order chi connectivity index (χ0) is 14.8. The van der Waals surface area contributed by atoms with Crippen LogP contribution in [0.2, 0.25) is 0 Å². The molecule has 3 rings (SSSR count). The highest BCUT2D eigenvalue weighted by atomic mass is 32.1. The van der Waals surface area contributed by atoms with Crippen LogP contribution >= 0.6 is 11.3 Å². The molecule has 0 unspecified atom stereocenters. The van der Waals surface area contributed by atoms with Crippen molar-refractivity contribution < 1.29 is 9.90 Å². The second-order valence-electron chi connectivity index (χ2n) is 5.51. The second-order valence-corrected chi connectivity index (χ2v) is 6.37. The molecule has 2 N–H and O–H groups in total. The molecule has 4 nitrogen and oxygen atoms in total. The van der Waals surface area contributed by atoms with Crippen LogP contribution in [-0.2, 0) is 0 Å².